The summed E-state index contributed by atoms with van der Waals surface area (Å²) in [5.41, 5.74) is 7.52. The molecule has 1 heterocycles. The maximum Gasteiger partial charge on any atom is 0.266 e. The van der Waals surface area contributed by atoms with Crippen LogP contribution in [0.25, 0.3) is 0 Å². The fraction of sp³-hybridized carbons (Fsp3) is 0. The Labute approximate surface area is 118 Å². The second kappa shape index (κ2) is 4.20. The van der Waals surface area contributed by atoms with Gasteiger partial charge in [0.1, 0.15) is 0 Å². The molecule has 19 heavy (non-hydrogen) atoms. The number of nitrogens with two attached hydrogens (primary N) is 1. The van der Waals surface area contributed by atoms with Crippen LogP contribution in [-0.4, -0.2) is 11.8 Å². The Morgan fingerprint density at radius 3 is 2.11 bits per heavy atom. The number of fused-ring (bicyclic) bond motifs is 1. The number of benzene rings is 2. The highest BCUT2D eigenvalue weighted by Gasteiger charge is 2.37. The summed E-state index contributed by atoms with van der Waals surface area (Å²) in [5, 5.41) is 0. The van der Waals surface area contributed by atoms with Crippen LogP contribution in [0.15, 0.2) is 46.9 Å². The average molecular weight is 317 g/mol. The summed E-state index contributed by atoms with van der Waals surface area (Å²) in [6.07, 6.45) is 0. The topological polar surface area (TPSA) is 63.4 Å². The molecule has 94 valence electrons. The molecule has 0 saturated carbocycles. The molecule has 2 aromatic rings. The minimum atomic E-state index is -0.327. The van der Waals surface area contributed by atoms with E-state index >= 15 is 0 Å². The SMILES string of the molecule is Nc1ccc(Br)c(N2C(=O)c3ccccc3C2=O)c1. The van der Waals surface area contributed by atoms with E-state index in [0.717, 1.165) is 4.90 Å². The lowest BCUT2D eigenvalue weighted by Crippen LogP contribution is -2.29. The first-order valence-electron chi connectivity index (χ1n) is 5.62. The highest BCUT2D eigenvalue weighted by Crippen LogP contribution is 2.34. The van der Waals surface area contributed by atoms with Crippen LogP contribution in [0.5, 0.6) is 0 Å². The summed E-state index contributed by atoms with van der Waals surface area (Å²) in [6, 6.07) is 11.8. The third-order valence-electron chi connectivity index (χ3n) is 3.01. The molecule has 2 amide bonds. The molecule has 2 aromatic carbocycles. The van der Waals surface area contributed by atoms with Gasteiger partial charge in [-0.3, -0.25) is 9.59 Å². The smallest absolute Gasteiger partial charge is 0.266 e. The van der Waals surface area contributed by atoms with Crippen LogP contribution in [0.4, 0.5) is 11.4 Å². The Kier molecular flexibility index (Phi) is 2.64. The molecule has 0 fully saturated rings. The minimum absolute atomic E-state index is 0.327. The molecule has 1 aliphatic rings. The van der Waals surface area contributed by atoms with Crippen molar-refractivity contribution >= 4 is 39.1 Å². The van der Waals surface area contributed by atoms with E-state index in [2.05, 4.69) is 15.9 Å². The van der Waals surface area contributed by atoms with E-state index in [1.807, 2.05) is 0 Å². The maximum absolute atomic E-state index is 12.3. The van der Waals surface area contributed by atoms with Crippen molar-refractivity contribution in [3.8, 4) is 0 Å². The standard InChI is InChI=1S/C14H9BrN2O2/c15-11-6-5-8(16)7-12(11)17-13(18)9-3-1-2-4-10(9)14(17)19/h1-7H,16H2. The summed E-state index contributed by atoms with van der Waals surface area (Å²) in [4.78, 5) is 25.8. The fourth-order valence-electron chi connectivity index (χ4n) is 2.11. The number of hydrogen-bond acceptors (Lipinski definition) is 3. The van der Waals surface area contributed by atoms with E-state index in [4.69, 9.17) is 5.73 Å². The second-order valence-electron chi connectivity index (χ2n) is 4.20. The summed E-state index contributed by atoms with van der Waals surface area (Å²) in [7, 11) is 0. The molecular weight excluding hydrogens is 308 g/mol. The lowest BCUT2D eigenvalue weighted by atomic mass is 10.1. The number of rotatable bonds is 1. The number of anilines is 2. The summed E-state index contributed by atoms with van der Waals surface area (Å²) in [5.74, 6) is -0.654. The summed E-state index contributed by atoms with van der Waals surface area (Å²) < 4.78 is 0.649. The largest absolute Gasteiger partial charge is 0.399 e. The normalized spacial score (nSPS) is 13.8. The predicted molar refractivity (Wildman–Crippen MR) is 76.1 cm³/mol. The van der Waals surface area contributed by atoms with Gasteiger partial charge in [0.15, 0.2) is 0 Å². The van der Waals surface area contributed by atoms with Crippen LogP contribution >= 0.6 is 15.9 Å². The van der Waals surface area contributed by atoms with Gasteiger partial charge in [-0.1, -0.05) is 12.1 Å². The van der Waals surface area contributed by atoms with Crippen molar-refractivity contribution in [2.45, 2.75) is 0 Å². The lowest BCUT2D eigenvalue weighted by molar-refractivity contribution is 0.0926. The first-order valence-corrected chi connectivity index (χ1v) is 6.42. The second-order valence-corrected chi connectivity index (χ2v) is 5.06. The van der Waals surface area contributed by atoms with Crippen LogP contribution in [0.3, 0.4) is 0 Å². The highest BCUT2D eigenvalue weighted by atomic mass is 79.9. The monoisotopic (exact) mass is 316 g/mol. The molecule has 0 unspecified atom stereocenters. The zero-order valence-electron chi connectivity index (χ0n) is 9.76. The Balaban J connectivity index is 2.17. The number of carbonyl (C=O) groups is 2. The maximum atomic E-state index is 12.3. The van der Waals surface area contributed by atoms with Gasteiger partial charge in [-0.2, -0.15) is 0 Å². The number of nitrogens with zero attached hydrogens (tertiary/aromatic N) is 1. The van der Waals surface area contributed by atoms with E-state index in [9.17, 15) is 9.59 Å². The lowest BCUT2D eigenvalue weighted by Gasteiger charge is -2.16. The number of hydrogen-bond donors (Lipinski definition) is 1. The molecule has 0 atom stereocenters. The Hall–Kier alpha value is -2.14. The van der Waals surface area contributed by atoms with Crippen molar-refractivity contribution in [1.29, 1.82) is 0 Å². The van der Waals surface area contributed by atoms with Crippen LogP contribution in [0.2, 0.25) is 0 Å². The first kappa shape index (κ1) is 11.9. The van der Waals surface area contributed by atoms with E-state index < -0.39 is 0 Å². The molecule has 2 N–H and O–H groups in total. The number of halogens is 1. The minimum Gasteiger partial charge on any atom is -0.399 e. The third-order valence-corrected chi connectivity index (χ3v) is 3.68. The van der Waals surface area contributed by atoms with Crippen molar-refractivity contribution in [2.75, 3.05) is 10.6 Å². The van der Waals surface area contributed by atoms with Gasteiger partial charge in [0.05, 0.1) is 16.8 Å². The van der Waals surface area contributed by atoms with Crippen LogP contribution < -0.4 is 10.6 Å². The van der Waals surface area contributed by atoms with Crippen molar-refractivity contribution < 1.29 is 9.59 Å². The molecule has 0 saturated heterocycles. The molecule has 1 aliphatic heterocycles. The van der Waals surface area contributed by atoms with Gasteiger partial charge in [-0.05, 0) is 46.3 Å². The van der Waals surface area contributed by atoms with Crippen molar-refractivity contribution in [3.05, 3.63) is 58.1 Å². The molecule has 0 aliphatic carbocycles. The first-order chi connectivity index (χ1) is 9.09. The molecule has 4 nitrogen and oxygen atoms in total. The van der Waals surface area contributed by atoms with E-state index in [1.54, 1.807) is 42.5 Å². The van der Waals surface area contributed by atoms with Crippen molar-refractivity contribution in [1.82, 2.24) is 0 Å². The molecule has 0 aromatic heterocycles. The van der Waals surface area contributed by atoms with Gasteiger partial charge in [0.2, 0.25) is 0 Å². The molecule has 5 heteroatoms. The van der Waals surface area contributed by atoms with E-state index in [0.29, 0.717) is 27.0 Å². The molecule has 0 radical (unpaired) electrons. The number of amides is 2. The highest BCUT2D eigenvalue weighted by molar-refractivity contribution is 9.10. The van der Waals surface area contributed by atoms with E-state index in [-0.39, 0.29) is 11.8 Å². The number of carbonyl (C=O) groups excluding carboxylic acids is 2. The third kappa shape index (κ3) is 1.74. The molecular formula is C14H9BrN2O2. The van der Waals surface area contributed by atoms with Crippen LogP contribution in [0.1, 0.15) is 20.7 Å². The molecule has 0 spiro atoms. The van der Waals surface area contributed by atoms with Crippen LogP contribution in [0, 0.1) is 0 Å². The van der Waals surface area contributed by atoms with Gasteiger partial charge in [-0.25, -0.2) is 4.90 Å². The van der Waals surface area contributed by atoms with Gasteiger partial charge in [-0.15, -0.1) is 0 Å². The Bertz CT molecular complexity index is 677. The van der Waals surface area contributed by atoms with Crippen molar-refractivity contribution in [2.24, 2.45) is 0 Å². The average Bonchev–Trinajstić information content (AvgIpc) is 2.66. The van der Waals surface area contributed by atoms with E-state index in [1.165, 1.54) is 0 Å². The van der Waals surface area contributed by atoms with Crippen molar-refractivity contribution in [3.63, 3.8) is 0 Å². The van der Waals surface area contributed by atoms with Gasteiger partial charge in [0.25, 0.3) is 11.8 Å². The fourth-order valence-corrected chi connectivity index (χ4v) is 2.53. The van der Waals surface area contributed by atoms with Gasteiger partial charge in [0, 0.05) is 10.2 Å². The van der Waals surface area contributed by atoms with Crippen LogP contribution in [-0.2, 0) is 0 Å². The quantitative estimate of drug-likeness (QED) is 0.650. The number of imide groups is 1. The summed E-state index contributed by atoms with van der Waals surface area (Å²) >= 11 is 3.34. The zero-order valence-corrected chi connectivity index (χ0v) is 11.3. The zero-order chi connectivity index (χ0) is 13.6. The summed E-state index contributed by atoms with van der Waals surface area (Å²) in [6.45, 7) is 0. The number of nitrogen functional groups attached to an aromatic ring is 1. The molecule has 0 bridgehead atoms. The Morgan fingerprint density at radius 2 is 1.53 bits per heavy atom. The predicted octanol–water partition coefficient (Wildman–Crippen LogP) is 2.83. The Morgan fingerprint density at radius 1 is 0.947 bits per heavy atom. The molecule has 3 rings (SSSR count). The van der Waals surface area contributed by atoms with Gasteiger partial charge < -0.3 is 5.73 Å². The van der Waals surface area contributed by atoms with Gasteiger partial charge >= 0.3 is 0 Å².